The second-order valence-electron chi connectivity index (χ2n) is 8.51. The molecule has 0 bridgehead atoms. The van der Waals surface area contributed by atoms with Gasteiger partial charge in [0.15, 0.2) is 12.4 Å². The molecule has 2 fully saturated rings. The van der Waals surface area contributed by atoms with Gasteiger partial charge in [-0.15, -0.1) is 0 Å². The second-order valence-corrected chi connectivity index (χ2v) is 8.51. The number of piperazine rings is 1. The van der Waals surface area contributed by atoms with Crippen LogP contribution in [0.4, 0.5) is 14.6 Å². The number of ether oxygens (including phenoxy) is 2. The molecular formula is C22H29F2N5O2. The molecule has 0 radical (unpaired) electrons. The summed E-state index contributed by atoms with van der Waals surface area (Å²) in [4.78, 5) is 7.28. The Morgan fingerprint density at radius 3 is 2.42 bits per heavy atom. The Labute approximate surface area is 181 Å². The predicted molar refractivity (Wildman–Crippen MR) is 114 cm³/mol. The number of fused-ring (bicyclic) bond motifs is 1. The Bertz CT molecular complexity index is 921. The van der Waals surface area contributed by atoms with E-state index in [1.54, 1.807) is 16.8 Å². The van der Waals surface area contributed by atoms with Gasteiger partial charge in [0.2, 0.25) is 0 Å². The van der Waals surface area contributed by atoms with Crippen LogP contribution in [-0.4, -0.2) is 91.8 Å². The van der Waals surface area contributed by atoms with Crippen molar-refractivity contribution in [1.82, 2.24) is 19.6 Å². The second kappa shape index (κ2) is 8.37. The van der Waals surface area contributed by atoms with Crippen molar-refractivity contribution < 1.29 is 18.3 Å². The fraction of sp³-hybridized carbons (Fsp3) is 0.591. The number of rotatable bonds is 5. The van der Waals surface area contributed by atoms with E-state index in [0.717, 1.165) is 82.8 Å². The molecule has 7 nitrogen and oxygen atoms in total. The van der Waals surface area contributed by atoms with E-state index in [1.165, 1.54) is 6.07 Å². The molecule has 1 aromatic carbocycles. The summed E-state index contributed by atoms with van der Waals surface area (Å²) < 4.78 is 40.1. The van der Waals surface area contributed by atoms with Crippen LogP contribution in [-0.2, 0) is 10.7 Å². The van der Waals surface area contributed by atoms with E-state index in [-0.39, 0.29) is 11.3 Å². The standard InChI is InChI=1S/C22H29F2N5O2/c1-17-14-21(25-29(17)18-2-3-19-20(15-18)31-16-22(19,23)24)28-8-6-26(7-9-28)4-5-27-10-12-30-13-11-27/h2-3,14-15H,4-13,16H2,1H3. The minimum atomic E-state index is -2.92. The van der Waals surface area contributed by atoms with Gasteiger partial charge in [0.1, 0.15) is 5.75 Å². The van der Waals surface area contributed by atoms with E-state index in [1.807, 2.05) is 6.92 Å². The highest BCUT2D eigenvalue weighted by Crippen LogP contribution is 2.42. The van der Waals surface area contributed by atoms with E-state index < -0.39 is 12.5 Å². The number of alkyl halides is 2. The molecule has 1 aromatic heterocycles. The number of nitrogens with zero attached hydrogens (tertiary/aromatic N) is 5. The van der Waals surface area contributed by atoms with Gasteiger partial charge < -0.3 is 14.4 Å². The normalized spacial score (nSPS) is 21.8. The molecule has 2 saturated heterocycles. The Balaban J connectivity index is 1.21. The van der Waals surface area contributed by atoms with Gasteiger partial charge in [0, 0.05) is 70.2 Å². The first kappa shape index (κ1) is 20.7. The molecule has 31 heavy (non-hydrogen) atoms. The van der Waals surface area contributed by atoms with Gasteiger partial charge in [-0.2, -0.15) is 13.9 Å². The molecule has 0 spiro atoms. The van der Waals surface area contributed by atoms with E-state index in [0.29, 0.717) is 0 Å². The van der Waals surface area contributed by atoms with Crippen molar-refractivity contribution in [2.75, 3.05) is 77.1 Å². The molecule has 0 unspecified atom stereocenters. The third-order valence-electron chi connectivity index (χ3n) is 6.42. The molecule has 9 heteroatoms. The van der Waals surface area contributed by atoms with Gasteiger partial charge in [-0.25, -0.2) is 4.68 Å². The fourth-order valence-electron chi connectivity index (χ4n) is 4.49. The van der Waals surface area contributed by atoms with E-state index in [2.05, 4.69) is 20.8 Å². The Morgan fingerprint density at radius 2 is 1.68 bits per heavy atom. The molecule has 0 N–H and O–H groups in total. The maximum absolute atomic E-state index is 13.8. The molecule has 0 saturated carbocycles. The fourth-order valence-corrected chi connectivity index (χ4v) is 4.49. The van der Waals surface area contributed by atoms with Crippen LogP contribution in [0.15, 0.2) is 24.3 Å². The average Bonchev–Trinajstić information content (AvgIpc) is 3.32. The summed E-state index contributed by atoms with van der Waals surface area (Å²) in [5.74, 6) is -1.75. The zero-order valence-corrected chi connectivity index (χ0v) is 17.9. The van der Waals surface area contributed by atoms with Crippen LogP contribution in [0.5, 0.6) is 5.75 Å². The van der Waals surface area contributed by atoms with Crippen molar-refractivity contribution in [3.05, 3.63) is 35.5 Å². The van der Waals surface area contributed by atoms with Gasteiger partial charge in [-0.3, -0.25) is 9.80 Å². The number of hydrogen-bond donors (Lipinski definition) is 0. The molecule has 0 amide bonds. The lowest BCUT2D eigenvalue weighted by atomic mass is 10.1. The monoisotopic (exact) mass is 433 g/mol. The molecule has 0 aliphatic carbocycles. The Hall–Kier alpha value is -2.23. The maximum atomic E-state index is 13.8. The largest absolute Gasteiger partial charge is 0.486 e. The summed E-state index contributed by atoms with van der Waals surface area (Å²) in [7, 11) is 0. The van der Waals surface area contributed by atoms with Crippen molar-refractivity contribution in [1.29, 1.82) is 0 Å². The van der Waals surface area contributed by atoms with Crippen molar-refractivity contribution in [3.63, 3.8) is 0 Å². The smallest absolute Gasteiger partial charge is 0.310 e. The van der Waals surface area contributed by atoms with Gasteiger partial charge in [-0.05, 0) is 19.1 Å². The highest BCUT2D eigenvalue weighted by Gasteiger charge is 2.41. The Morgan fingerprint density at radius 1 is 0.968 bits per heavy atom. The SMILES string of the molecule is Cc1cc(N2CCN(CCN3CCOCC3)CC2)nn1-c1ccc2c(c1)OCC2(F)F. The molecule has 168 valence electrons. The summed E-state index contributed by atoms with van der Waals surface area (Å²) in [6.45, 7) is 11.2. The number of hydrogen-bond acceptors (Lipinski definition) is 6. The molecule has 0 atom stereocenters. The number of aromatic nitrogens is 2. The van der Waals surface area contributed by atoms with Gasteiger partial charge in [-0.1, -0.05) is 0 Å². The van der Waals surface area contributed by atoms with Crippen LogP contribution in [0.3, 0.4) is 0 Å². The molecule has 3 aliphatic heterocycles. The van der Waals surface area contributed by atoms with E-state index in [4.69, 9.17) is 14.6 Å². The van der Waals surface area contributed by atoms with E-state index in [9.17, 15) is 8.78 Å². The first-order valence-corrected chi connectivity index (χ1v) is 11.0. The number of anilines is 1. The first-order valence-electron chi connectivity index (χ1n) is 11.0. The van der Waals surface area contributed by atoms with Gasteiger partial charge in [0.25, 0.3) is 0 Å². The van der Waals surface area contributed by atoms with Crippen molar-refractivity contribution in [3.8, 4) is 11.4 Å². The quantitative estimate of drug-likeness (QED) is 0.720. The van der Waals surface area contributed by atoms with Crippen LogP contribution in [0, 0.1) is 6.92 Å². The highest BCUT2D eigenvalue weighted by atomic mass is 19.3. The van der Waals surface area contributed by atoms with Crippen LogP contribution in [0.25, 0.3) is 5.69 Å². The lowest BCUT2D eigenvalue weighted by Crippen LogP contribution is -2.49. The molecule has 2 aromatic rings. The molecule has 4 heterocycles. The predicted octanol–water partition coefficient (Wildman–Crippen LogP) is 2.12. The topological polar surface area (TPSA) is 46.0 Å². The Kier molecular flexibility index (Phi) is 5.58. The summed E-state index contributed by atoms with van der Waals surface area (Å²) in [5, 5.41) is 4.77. The lowest BCUT2D eigenvalue weighted by molar-refractivity contribution is -0.0213. The van der Waals surface area contributed by atoms with Crippen LogP contribution in [0.1, 0.15) is 11.3 Å². The van der Waals surface area contributed by atoms with E-state index >= 15 is 0 Å². The highest BCUT2D eigenvalue weighted by molar-refractivity contribution is 5.51. The minimum Gasteiger partial charge on any atom is -0.486 e. The van der Waals surface area contributed by atoms with Gasteiger partial charge >= 0.3 is 5.92 Å². The minimum absolute atomic E-state index is 0.0468. The molecule has 5 rings (SSSR count). The average molecular weight is 434 g/mol. The van der Waals surface area contributed by atoms with Crippen molar-refractivity contribution in [2.45, 2.75) is 12.8 Å². The lowest BCUT2D eigenvalue weighted by Gasteiger charge is -2.36. The number of aryl methyl sites for hydroxylation is 1. The molecule has 3 aliphatic rings. The maximum Gasteiger partial charge on any atom is 0.310 e. The zero-order valence-electron chi connectivity index (χ0n) is 17.9. The third kappa shape index (κ3) is 4.26. The van der Waals surface area contributed by atoms with Crippen molar-refractivity contribution >= 4 is 5.82 Å². The molecular weight excluding hydrogens is 404 g/mol. The van der Waals surface area contributed by atoms with Crippen LogP contribution >= 0.6 is 0 Å². The van der Waals surface area contributed by atoms with Crippen molar-refractivity contribution in [2.24, 2.45) is 0 Å². The zero-order chi connectivity index (χ0) is 21.4. The number of benzene rings is 1. The summed E-state index contributed by atoms with van der Waals surface area (Å²) in [6.07, 6.45) is 0. The van der Waals surface area contributed by atoms with Crippen LogP contribution < -0.4 is 9.64 Å². The summed E-state index contributed by atoms with van der Waals surface area (Å²) >= 11 is 0. The number of morpholine rings is 1. The summed E-state index contributed by atoms with van der Waals surface area (Å²) in [5.41, 5.74) is 1.66. The van der Waals surface area contributed by atoms with Crippen LogP contribution in [0.2, 0.25) is 0 Å². The first-order chi connectivity index (χ1) is 15.0. The third-order valence-corrected chi connectivity index (χ3v) is 6.42. The summed E-state index contributed by atoms with van der Waals surface area (Å²) in [6, 6.07) is 6.86. The number of halogens is 2. The van der Waals surface area contributed by atoms with Gasteiger partial charge in [0.05, 0.1) is 24.5 Å².